The van der Waals surface area contributed by atoms with Crippen molar-refractivity contribution in [3.8, 4) is 0 Å². The SMILES string of the molecule is CC.CC(=O)NC1CCCCC1.Cc1cnc(NC=O)cc1C.I.[HH].[HH]. The number of anilines is 1. The molecule has 0 aliphatic heterocycles. The van der Waals surface area contributed by atoms with Crippen LogP contribution < -0.4 is 10.6 Å². The number of carbonyl (C=O) groups excluding carboxylic acids is 2. The molecule has 2 amide bonds. The standard InChI is InChI=1S/C8H10N2O.C8H15NO.C2H6.HI.2H2/c1-6-3-8(10-5-11)9-4-7(6)2;1-7(10)9-8-5-3-2-4-6-8;1-2;;;/h3-5H,1-2H3,(H,9,10,11);8H,2-6H2,1H3,(H,9,10);1-2H3;3*1H. The van der Waals surface area contributed by atoms with Crippen LogP contribution in [-0.4, -0.2) is 23.3 Å². The first-order valence-electron chi connectivity index (χ1n) is 8.43. The van der Waals surface area contributed by atoms with Crippen LogP contribution in [-0.2, 0) is 9.59 Å². The van der Waals surface area contributed by atoms with Crippen molar-refractivity contribution in [3.63, 3.8) is 0 Å². The molecule has 142 valence electrons. The Labute approximate surface area is 166 Å². The second-order valence-corrected chi connectivity index (χ2v) is 5.45. The molecule has 1 aliphatic carbocycles. The summed E-state index contributed by atoms with van der Waals surface area (Å²) >= 11 is 0. The van der Waals surface area contributed by atoms with E-state index in [4.69, 9.17) is 0 Å². The molecular weight excluding hydrogens is 417 g/mol. The van der Waals surface area contributed by atoms with E-state index in [1.807, 2.05) is 33.8 Å². The number of nitrogens with zero attached hydrogens (tertiary/aromatic N) is 1. The number of hydrogen-bond acceptors (Lipinski definition) is 3. The van der Waals surface area contributed by atoms with E-state index in [0.717, 1.165) is 11.1 Å². The summed E-state index contributed by atoms with van der Waals surface area (Å²) in [4.78, 5) is 24.6. The monoisotopic (exact) mass is 453 g/mol. The number of rotatable bonds is 3. The van der Waals surface area contributed by atoms with E-state index in [-0.39, 0.29) is 32.7 Å². The normalized spacial score (nSPS) is 13.0. The van der Waals surface area contributed by atoms with Gasteiger partial charge in [0.15, 0.2) is 0 Å². The number of carbonyl (C=O) groups is 2. The fraction of sp³-hybridized carbons (Fsp3) is 0.611. The third kappa shape index (κ3) is 11.4. The summed E-state index contributed by atoms with van der Waals surface area (Å²) in [5, 5.41) is 5.43. The smallest absolute Gasteiger partial charge is 0.217 e. The largest absolute Gasteiger partial charge is 0.354 e. The maximum atomic E-state index is 10.6. The minimum Gasteiger partial charge on any atom is -0.354 e. The molecule has 0 bridgehead atoms. The highest BCUT2D eigenvalue weighted by molar-refractivity contribution is 14.0. The molecule has 1 aromatic heterocycles. The van der Waals surface area contributed by atoms with Crippen LogP contribution in [0.2, 0.25) is 0 Å². The predicted molar refractivity (Wildman–Crippen MR) is 115 cm³/mol. The highest BCUT2D eigenvalue weighted by atomic mass is 127. The summed E-state index contributed by atoms with van der Waals surface area (Å²) in [6.07, 6.45) is 8.63. The van der Waals surface area contributed by atoms with E-state index in [1.54, 1.807) is 13.1 Å². The lowest BCUT2D eigenvalue weighted by atomic mass is 9.95. The van der Waals surface area contributed by atoms with Gasteiger partial charge in [-0.1, -0.05) is 33.1 Å². The van der Waals surface area contributed by atoms with Gasteiger partial charge in [0.05, 0.1) is 0 Å². The fourth-order valence-corrected chi connectivity index (χ4v) is 2.30. The molecule has 1 heterocycles. The van der Waals surface area contributed by atoms with Gasteiger partial charge in [0.2, 0.25) is 12.3 Å². The molecule has 1 aliphatic rings. The van der Waals surface area contributed by atoms with Crippen LogP contribution in [0.25, 0.3) is 0 Å². The topological polar surface area (TPSA) is 71.1 Å². The van der Waals surface area contributed by atoms with E-state index in [2.05, 4.69) is 15.6 Å². The minimum absolute atomic E-state index is 0. The number of nitrogens with one attached hydrogen (secondary N) is 2. The summed E-state index contributed by atoms with van der Waals surface area (Å²) in [6.45, 7) is 9.55. The molecule has 0 aromatic carbocycles. The summed E-state index contributed by atoms with van der Waals surface area (Å²) in [6, 6.07) is 2.32. The van der Waals surface area contributed by atoms with Crippen molar-refractivity contribution in [1.29, 1.82) is 0 Å². The van der Waals surface area contributed by atoms with Crippen molar-refractivity contribution in [1.82, 2.24) is 10.3 Å². The number of halogens is 1. The molecule has 1 saturated carbocycles. The summed E-state index contributed by atoms with van der Waals surface area (Å²) in [5.41, 5.74) is 2.26. The van der Waals surface area contributed by atoms with Crippen molar-refractivity contribution in [2.75, 3.05) is 5.32 Å². The maximum absolute atomic E-state index is 10.6. The van der Waals surface area contributed by atoms with Gasteiger partial charge in [-0.15, -0.1) is 24.0 Å². The lowest BCUT2D eigenvalue weighted by molar-refractivity contribution is -0.119. The molecule has 0 unspecified atom stereocenters. The van der Waals surface area contributed by atoms with Gasteiger partial charge in [0.1, 0.15) is 5.82 Å². The average molecular weight is 453 g/mol. The summed E-state index contributed by atoms with van der Waals surface area (Å²) in [7, 11) is 0. The summed E-state index contributed by atoms with van der Waals surface area (Å²) in [5.74, 6) is 0.718. The molecule has 1 fully saturated rings. The number of aromatic nitrogens is 1. The Morgan fingerprint density at radius 3 is 2.25 bits per heavy atom. The fourth-order valence-electron chi connectivity index (χ4n) is 2.30. The highest BCUT2D eigenvalue weighted by Crippen LogP contribution is 2.16. The second kappa shape index (κ2) is 15.4. The van der Waals surface area contributed by atoms with Crippen LogP contribution in [0.5, 0.6) is 0 Å². The van der Waals surface area contributed by atoms with E-state index in [1.165, 1.54) is 32.1 Å². The molecule has 6 heteroatoms. The Hall–Kier alpha value is -1.18. The molecule has 5 nitrogen and oxygen atoms in total. The van der Waals surface area contributed by atoms with Gasteiger partial charge in [0.25, 0.3) is 0 Å². The Morgan fingerprint density at radius 1 is 1.21 bits per heavy atom. The average Bonchev–Trinajstić information content (AvgIpc) is 2.54. The molecule has 1 aromatic rings. The van der Waals surface area contributed by atoms with Gasteiger partial charge in [-0.05, 0) is 43.9 Å². The van der Waals surface area contributed by atoms with Gasteiger partial charge in [-0.3, -0.25) is 9.59 Å². The number of hydrogen-bond donors (Lipinski definition) is 2. The molecule has 2 N–H and O–H groups in total. The van der Waals surface area contributed by atoms with E-state index in [0.29, 0.717) is 18.3 Å². The zero-order valence-electron chi connectivity index (χ0n) is 15.5. The van der Waals surface area contributed by atoms with Crippen LogP contribution >= 0.6 is 24.0 Å². The minimum atomic E-state index is 0. The molecule has 0 spiro atoms. The van der Waals surface area contributed by atoms with Crippen LogP contribution in [0.1, 0.15) is 66.9 Å². The van der Waals surface area contributed by atoms with Crippen LogP contribution in [0.15, 0.2) is 12.3 Å². The van der Waals surface area contributed by atoms with Gasteiger partial charge >= 0.3 is 0 Å². The lowest BCUT2D eigenvalue weighted by Crippen LogP contribution is -2.34. The predicted octanol–water partition coefficient (Wildman–Crippen LogP) is 4.86. The molecular formula is C18H36IN3O2. The van der Waals surface area contributed by atoms with Crippen molar-refractivity contribution < 1.29 is 12.4 Å². The van der Waals surface area contributed by atoms with Crippen LogP contribution in [0.3, 0.4) is 0 Å². The number of amides is 2. The van der Waals surface area contributed by atoms with Gasteiger partial charge in [-0.25, -0.2) is 4.98 Å². The maximum Gasteiger partial charge on any atom is 0.217 e. The Balaban J connectivity index is -0.000000154. The van der Waals surface area contributed by atoms with Crippen molar-refractivity contribution in [2.45, 2.75) is 72.8 Å². The number of pyridine rings is 1. The zero-order chi connectivity index (χ0) is 17.7. The Bertz CT molecular complexity index is 486. The van der Waals surface area contributed by atoms with Crippen LogP contribution in [0.4, 0.5) is 5.82 Å². The van der Waals surface area contributed by atoms with Crippen LogP contribution in [0, 0.1) is 13.8 Å². The Morgan fingerprint density at radius 2 is 1.79 bits per heavy atom. The number of aryl methyl sites for hydroxylation is 2. The van der Waals surface area contributed by atoms with Crippen molar-refractivity contribution >= 4 is 42.1 Å². The zero-order valence-corrected chi connectivity index (χ0v) is 17.8. The quantitative estimate of drug-likeness (QED) is 0.507. The van der Waals surface area contributed by atoms with E-state index < -0.39 is 0 Å². The molecule has 2 rings (SSSR count). The summed E-state index contributed by atoms with van der Waals surface area (Å²) < 4.78 is 0. The second-order valence-electron chi connectivity index (χ2n) is 5.45. The lowest BCUT2D eigenvalue weighted by Gasteiger charge is -2.21. The van der Waals surface area contributed by atoms with Crippen molar-refractivity contribution in [2.24, 2.45) is 0 Å². The van der Waals surface area contributed by atoms with Crippen molar-refractivity contribution in [3.05, 3.63) is 23.4 Å². The first kappa shape index (κ1) is 25.1. The molecule has 0 saturated heterocycles. The van der Waals surface area contributed by atoms with E-state index >= 15 is 0 Å². The first-order valence-corrected chi connectivity index (χ1v) is 8.43. The Kier molecular flexibility index (Phi) is 16.0. The van der Waals surface area contributed by atoms with Gasteiger partial charge < -0.3 is 10.6 Å². The molecule has 0 radical (unpaired) electrons. The third-order valence-corrected chi connectivity index (χ3v) is 3.59. The van der Waals surface area contributed by atoms with Gasteiger partial charge in [0, 0.05) is 22.0 Å². The van der Waals surface area contributed by atoms with Gasteiger partial charge in [-0.2, -0.15) is 0 Å². The van der Waals surface area contributed by atoms with E-state index in [9.17, 15) is 9.59 Å². The molecule has 0 atom stereocenters. The third-order valence-electron chi connectivity index (χ3n) is 3.59. The molecule has 24 heavy (non-hydrogen) atoms. The first-order chi connectivity index (χ1) is 11.0. The highest BCUT2D eigenvalue weighted by Gasteiger charge is 2.12.